The lowest BCUT2D eigenvalue weighted by Crippen LogP contribution is -2.37. The second-order valence-electron chi connectivity index (χ2n) is 7.99. The highest BCUT2D eigenvalue weighted by Gasteiger charge is 2.46. The standard InChI is InChI=1S/C18H25F3N4O/c1-11-8-15(18(19,20)21)25-16(22-11)9-14(23-25)13-6-7-24(10-13)17(26)12-4-2-3-5-12/h9,11-13,15,22H,2-8,10H2,1H3/t11-,13?,15-/m1/s1. The van der Waals surface area contributed by atoms with Crippen molar-refractivity contribution in [1.82, 2.24) is 14.7 Å². The Morgan fingerprint density at radius 3 is 2.69 bits per heavy atom. The molecule has 1 unspecified atom stereocenters. The fourth-order valence-corrected chi connectivity index (χ4v) is 4.61. The van der Waals surface area contributed by atoms with E-state index in [1.54, 1.807) is 13.0 Å². The van der Waals surface area contributed by atoms with Gasteiger partial charge in [0.1, 0.15) is 5.82 Å². The largest absolute Gasteiger partial charge is 0.410 e. The van der Waals surface area contributed by atoms with Crippen LogP contribution in [0.4, 0.5) is 19.0 Å². The zero-order valence-electron chi connectivity index (χ0n) is 14.9. The third-order valence-corrected chi connectivity index (χ3v) is 6.02. The molecule has 2 fully saturated rings. The number of nitrogens with one attached hydrogen (secondary N) is 1. The fourth-order valence-electron chi connectivity index (χ4n) is 4.61. The first-order chi connectivity index (χ1) is 12.3. The summed E-state index contributed by atoms with van der Waals surface area (Å²) in [4.78, 5) is 14.5. The Labute approximate surface area is 150 Å². The van der Waals surface area contributed by atoms with Crippen molar-refractivity contribution in [3.8, 4) is 0 Å². The number of fused-ring (bicyclic) bond motifs is 1. The van der Waals surface area contributed by atoms with Crippen molar-refractivity contribution >= 4 is 11.7 Å². The second-order valence-corrected chi connectivity index (χ2v) is 7.99. The number of halogens is 3. The van der Waals surface area contributed by atoms with Gasteiger partial charge in [0.2, 0.25) is 5.91 Å². The molecule has 0 radical (unpaired) electrons. The molecule has 1 aliphatic carbocycles. The molecule has 1 aromatic rings. The van der Waals surface area contributed by atoms with E-state index in [2.05, 4.69) is 10.4 Å². The van der Waals surface area contributed by atoms with Crippen molar-refractivity contribution in [2.24, 2.45) is 5.92 Å². The molecule has 0 aromatic carbocycles. The van der Waals surface area contributed by atoms with Crippen LogP contribution in [-0.2, 0) is 4.79 Å². The lowest BCUT2D eigenvalue weighted by atomic mass is 10.0. The van der Waals surface area contributed by atoms with Gasteiger partial charge in [0, 0.05) is 37.0 Å². The Balaban J connectivity index is 1.50. The number of carbonyl (C=O) groups excluding carboxylic acids is 1. The van der Waals surface area contributed by atoms with Crippen molar-refractivity contribution in [3.05, 3.63) is 11.8 Å². The van der Waals surface area contributed by atoms with Crippen LogP contribution in [0.5, 0.6) is 0 Å². The molecule has 1 N–H and O–H groups in total. The molecule has 2 aliphatic heterocycles. The van der Waals surface area contributed by atoms with Gasteiger partial charge in [0.15, 0.2) is 6.04 Å². The first-order valence-electron chi connectivity index (χ1n) is 9.54. The van der Waals surface area contributed by atoms with E-state index in [0.717, 1.165) is 36.8 Å². The van der Waals surface area contributed by atoms with Crippen LogP contribution in [0.25, 0.3) is 0 Å². The molecular weight excluding hydrogens is 345 g/mol. The summed E-state index contributed by atoms with van der Waals surface area (Å²) in [5.74, 6) is 0.807. The Hall–Kier alpha value is -1.73. The van der Waals surface area contributed by atoms with E-state index in [-0.39, 0.29) is 30.2 Å². The van der Waals surface area contributed by atoms with E-state index in [4.69, 9.17) is 0 Å². The van der Waals surface area contributed by atoms with Gasteiger partial charge < -0.3 is 10.2 Å². The molecule has 0 bridgehead atoms. The van der Waals surface area contributed by atoms with Gasteiger partial charge in [-0.25, -0.2) is 4.68 Å². The number of aromatic nitrogens is 2. The van der Waals surface area contributed by atoms with Crippen molar-refractivity contribution in [2.45, 2.75) is 69.6 Å². The predicted molar refractivity (Wildman–Crippen MR) is 90.9 cm³/mol. The molecule has 1 saturated heterocycles. The lowest BCUT2D eigenvalue weighted by molar-refractivity contribution is -0.173. The maximum Gasteiger partial charge on any atom is 0.410 e. The molecule has 0 spiro atoms. The van der Waals surface area contributed by atoms with E-state index < -0.39 is 12.2 Å². The Bertz CT molecular complexity index is 680. The number of hydrogen-bond acceptors (Lipinski definition) is 3. The van der Waals surface area contributed by atoms with Crippen LogP contribution in [0.1, 0.15) is 63.1 Å². The highest BCUT2D eigenvalue weighted by atomic mass is 19.4. The zero-order valence-corrected chi connectivity index (χ0v) is 14.9. The molecule has 1 aromatic heterocycles. The van der Waals surface area contributed by atoms with E-state index >= 15 is 0 Å². The van der Waals surface area contributed by atoms with Crippen LogP contribution in [0.2, 0.25) is 0 Å². The summed E-state index contributed by atoms with van der Waals surface area (Å²) in [5, 5.41) is 7.41. The minimum Gasteiger partial charge on any atom is -0.368 e. The summed E-state index contributed by atoms with van der Waals surface area (Å²) in [6, 6.07) is -0.0920. The third-order valence-electron chi connectivity index (χ3n) is 6.02. The van der Waals surface area contributed by atoms with Crippen molar-refractivity contribution < 1.29 is 18.0 Å². The number of anilines is 1. The monoisotopic (exact) mass is 370 g/mol. The van der Waals surface area contributed by atoms with E-state index in [0.29, 0.717) is 24.6 Å². The summed E-state index contributed by atoms with van der Waals surface area (Å²) < 4.78 is 41.2. The Morgan fingerprint density at radius 1 is 1.27 bits per heavy atom. The first-order valence-corrected chi connectivity index (χ1v) is 9.54. The topological polar surface area (TPSA) is 50.2 Å². The van der Waals surface area contributed by atoms with Gasteiger partial charge >= 0.3 is 6.18 Å². The van der Waals surface area contributed by atoms with E-state index in [9.17, 15) is 18.0 Å². The van der Waals surface area contributed by atoms with Crippen LogP contribution in [0, 0.1) is 5.92 Å². The molecule has 26 heavy (non-hydrogen) atoms. The lowest BCUT2D eigenvalue weighted by Gasteiger charge is -2.31. The van der Waals surface area contributed by atoms with Gasteiger partial charge in [-0.05, 0) is 32.6 Å². The molecule has 3 atom stereocenters. The van der Waals surface area contributed by atoms with Gasteiger partial charge in [0.05, 0.1) is 5.69 Å². The molecular formula is C18H25F3N4O. The number of likely N-dealkylation sites (tertiary alicyclic amines) is 1. The van der Waals surface area contributed by atoms with Gasteiger partial charge in [-0.3, -0.25) is 4.79 Å². The van der Waals surface area contributed by atoms with Crippen molar-refractivity contribution in [3.63, 3.8) is 0 Å². The van der Waals surface area contributed by atoms with Crippen molar-refractivity contribution in [1.29, 1.82) is 0 Å². The predicted octanol–water partition coefficient (Wildman–Crippen LogP) is 3.70. The van der Waals surface area contributed by atoms with Crippen LogP contribution >= 0.6 is 0 Å². The molecule has 3 aliphatic rings. The molecule has 3 heterocycles. The molecule has 5 nitrogen and oxygen atoms in total. The summed E-state index contributed by atoms with van der Waals surface area (Å²) in [7, 11) is 0. The molecule has 144 valence electrons. The Kier molecular flexibility index (Phi) is 4.39. The highest BCUT2D eigenvalue weighted by molar-refractivity contribution is 5.79. The van der Waals surface area contributed by atoms with Crippen LogP contribution in [0.3, 0.4) is 0 Å². The van der Waals surface area contributed by atoms with Crippen LogP contribution in [-0.4, -0.2) is 45.9 Å². The maximum atomic E-state index is 13.4. The van der Waals surface area contributed by atoms with Crippen LogP contribution < -0.4 is 5.32 Å². The number of alkyl halides is 3. The summed E-state index contributed by atoms with van der Waals surface area (Å²) in [6.07, 6.45) is 0.597. The minimum absolute atomic E-state index is 0.0180. The normalized spacial score (nSPS) is 29.7. The number of amides is 1. The van der Waals surface area contributed by atoms with E-state index in [1.807, 2.05) is 4.90 Å². The number of hydrogen-bond donors (Lipinski definition) is 1. The fraction of sp³-hybridized carbons (Fsp3) is 0.778. The zero-order chi connectivity index (χ0) is 18.5. The highest BCUT2D eigenvalue weighted by Crippen LogP contribution is 2.41. The van der Waals surface area contributed by atoms with Gasteiger partial charge in [0.25, 0.3) is 0 Å². The third kappa shape index (κ3) is 3.18. The van der Waals surface area contributed by atoms with Gasteiger partial charge in [-0.2, -0.15) is 18.3 Å². The average molecular weight is 370 g/mol. The molecule has 1 saturated carbocycles. The quantitative estimate of drug-likeness (QED) is 0.864. The Morgan fingerprint density at radius 2 is 2.00 bits per heavy atom. The van der Waals surface area contributed by atoms with Crippen LogP contribution in [0.15, 0.2) is 6.07 Å². The van der Waals surface area contributed by atoms with Gasteiger partial charge in [-0.15, -0.1) is 0 Å². The summed E-state index contributed by atoms with van der Waals surface area (Å²) in [6.45, 7) is 3.00. The summed E-state index contributed by atoms with van der Waals surface area (Å²) in [5.41, 5.74) is 0.664. The van der Waals surface area contributed by atoms with E-state index in [1.165, 1.54) is 0 Å². The van der Waals surface area contributed by atoms with Crippen molar-refractivity contribution in [2.75, 3.05) is 18.4 Å². The second kappa shape index (κ2) is 6.46. The number of rotatable bonds is 2. The molecule has 1 amide bonds. The summed E-state index contributed by atoms with van der Waals surface area (Å²) >= 11 is 0. The average Bonchev–Trinajstić information content (AvgIpc) is 3.31. The molecule has 8 heteroatoms. The SMILES string of the molecule is C[C@@H]1C[C@H](C(F)(F)F)n2nc(C3CCN(C(=O)C4CCCC4)C3)cc2N1. The number of carbonyl (C=O) groups is 1. The number of nitrogens with zero attached hydrogens (tertiary/aromatic N) is 3. The maximum absolute atomic E-state index is 13.4. The van der Waals surface area contributed by atoms with Gasteiger partial charge in [-0.1, -0.05) is 12.8 Å². The smallest absolute Gasteiger partial charge is 0.368 e. The first kappa shape index (κ1) is 17.7. The molecule has 4 rings (SSSR count). The minimum atomic E-state index is -4.31.